The maximum absolute atomic E-state index is 12.5. The lowest BCUT2D eigenvalue weighted by molar-refractivity contribution is 0.0547. The molecule has 0 aliphatic carbocycles. The van der Waals surface area contributed by atoms with Crippen molar-refractivity contribution in [2.24, 2.45) is 0 Å². The van der Waals surface area contributed by atoms with Gasteiger partial charge in [-0.25, -0.2) is 8.42 Å². The lowest BCUT2D eigenvalue weighted by Crippen LogP contribution is -2.53. The second-order valence-electron chi connectivity index (χ2n) is 6.40. The van der Waals surface area contributed by atoms with Crippen molar-refractivity contribution in [3.05, 3.63) is 59.9 Å². The molecule has 1 aromatic heterocycles. The van der Waals surface area contributed by atoms with E-state index in [0.717, 1.165) is 5.69 Å². The standard InChI is InChI=1S/C18H21N3O4S/c1-13(9-15-6-2-3-8-19-15)20-18(23)14-5-4-7-17(10-14)26(24,25)21-11-16(22)12-21/h2-8,10,13,16,22H,9,11-12H2,1H3,(H,20,23). The third kappa shape index (κ3) is 4.09. The Kier molecular flexibility index (Phi) is 5.36. The topological polar surface area (TPSA) is 99.6 Å². The number of aromatic nitrogens is 1. The van der Waals surface area contributed by atoms with Gasteiger partial charge in [-0.05, 0) is 37.3 Å². The number of nitrogens with zero attached hydrogens (tertiary/aromatic N) is 2. The van der Waals surface area contributed by atoms with Crippen LogP contribution in [0.3, 0.4) is 0 Å². The first kappa shape index (κ1) is 18.5. The van der Waals surface area contributed by atoms with Gasteiger partial charge in [0.15, 0.2) is 0 Å². The monoisotopic (exact) mass is 375 g/mol. The number of aliphatic hydroxyl groups is 1. The summed E-state index contributed by atoms with van der Waals surface area (Å²) in [5, 5.41) is 12.2. The van der Waals surface area contributed by atoms with Gasteiger partial charge in [-0.1, -0.05) is 12.1 Å². The predicted molar refractivity (Wildman–Crippen MR) is 96.1 cm³/mol. The van der Waals surface area contributed by atoms with E-state index in [1.807, 2.05) is 25.1 Å². The Balaban J connectivity index is 1.68. The van der Waals surface area contributed by atoms with Crippen molar-refractivity contribution < 1.29 is 18.3 Å². The van der Waals surface area contributed by atoms with E-state index < -0.39 is 16.1 Å². The van der Waals surface area contributed by atoms with Crippen LogP contribution < -0.4 is 5.32 Å². The maximum Gasteiger partial charge on any atom is 0.251 e. The molecule has 7 nitrogen and oxygen atoms in total. The zero-order chi connectivity index (χ0) is 18.7. The van der Waals surface area contributed by atoms with Crippen LogP contribution in [0.2, 0.25) is 0 Å². The van der Waals surface area contributed by atoms with E-state index in [0.29, 0.717) is 6.42 Å². The van der Waals surface area contributed by atoms with Crippen LogP contribution in [0.25, 0.3) is 0 Å². The molecule has 1 aliphatic heterocycles. The molecule has 1 aromatic carbocycles. The Morgan fingerprint density at radius 1 is 1.31 bits per heavy atom. The number of nitrogens with one attached hydrogen (secondary N) is 1. The summed E-state index contributed by atoms with van der Waals surface area (Å²) in [4.78, 5) is 16.7. The molecule has 138 valence electrons. The van der Waals surface area contributed by atoms with Gasteiger partial charge in [0, 0.05) is 43.0 Å². The van der Waals surface area contributed by atoms with Gasteiger partial charge >= 0.3 is 0 Å². The molecular formula is C18H21N3O4S. The number of hydrogen-bond donors (Lipinski definition) is 2. The molecule has 1 saturated heterocycles. The Morgan fingerprint density at radius 2 is 2.08 bits per heavy atom. The Hall–Kier alpha value is -2.29. The minimum Gasteiger partial charge on any atom is -0.390 e. The molecule has 2 aromatic rings. The first-order valence-electron chi connectivity index (χ1n) is 8.35. The van der Waals surface area contributed by atoms with Crippen LogP contribution in [0.15, 0.2) is 53.6 Å². The van der Waals surface area contributed by atoms with Gasteiger partial charge in [-0.2, -0.15) is 4.31 Å². The molecule has 0 spiro atoms. The third-order valence-electron chi connectivity index (χ3n) is 4.18. The number of aliphatic hydroxyl groups excluding tert-OH is 1. The van der Waals surface area contributed by atoms with Gasteiger partial charge in [0.25, 0.3) is 5.91 Å². The molecule has 2 heterocycles. The zero-order valence-electron chi connectivity index (χ0n) is 14.4. The fourth-order valence-electron chi connectivity index (χ4n) is 2.75. The van der Waals surface area contributed by atoms with E-state index in [9.17, 15) is 18.3 Å². The Labute approximate surface area is 152 Å². The molecule has 1 aliphatic rings. The quantitative estimate of drug-likeness (QED) is 0.778. The number of sulfonamides is 1. The molecule has 8 heteroatoms. The van der Waals surface area contributed by atoms with Crippen molar-refractivity contribution in [3.8, 4) is 0 Å². The van der Waals surface area contributed by atoms with E-state index in [1.54, 1.807) is 18.3 Å². The normalized spacial score (nSPS) is 16.7. The number of hydrogen-bond acceptors (Lipinski definition) is 5. The maximum atomic E-state index is 12.5. The zero-order valence-corrected chi connectivity index (χ0v) is 15.2. The van der Waals surface area contributed by atoms with Crippen LogP contribution >= 0.6 is 0 Å². The summed E-state index contributed by atoms with van der Waals surface area (Å²) >= 11 is 0. The second-order valence-corrected chi connectivity index (χ2v) is 8.34. The van der Waals surface area contributed by atoms with E-state index in [4.69, 9.17) is 0 Å². The lowest BCUT2D eigenvalue weighted by atomic mass is 10.1. The van der Waals surface area contributed by atoms with Crippen molar-refractivity contribution in [3.63, 3.8) is 0 Å². The summed E-state index contributed by atoms with van der Waals surface area (Å²) in [7, 11) is -3.68. The van der Waals surface area contributed by atoms with Gasteiger partial charge in [-0.3, -0.25) is 9.78 Å². The third-order valence-corrected chi connectivity index (χ3v) is 6.01. The average molecular weight is 375 g/mol. The highest BCUT2D eigenvalue weighted by molar-refractivity contribution is 7.89. The summed E-state index contributed by atoms with van der Waals surface area (Å²) in [6.45, 7) is 2.04. The van der Waals surface area contributed by atoms with Crippen molar-refractivity contribution in [1.29, 1.82) is 0 Å². The number of carbonyl (C=O) groups excluding carboxylic acids is 1. The molecule has 0 radical (unpaired) electrons. The summed E-state index contributed by atoms with van der Waals surface area (Å²) in [6, 6.07) is 11.4. The molecule has 1 amide bonds. The van der Waals surface area contributed by atoms with Crippen LogP contribution in [-0.2, 0) is 16.4 Å². The van der Waals surface area contributed by atoms with Crippen LogP contribution in [0, 0.1) is 0 Å². The molecular weight excluding hydrogens is 354 g/mol. The molecule has 0 bridgehead atoms. The largest absolute Gasteiger partial charge is 0.390 e. The second kappa shape index (κ2) is 7.53. The van der Waals surface area contributed by atoms with Gasteiger partial charge in [0.05, 0.1) is 11.0 Å². The van der Waals surface area contributed by atoms with Gasteiger partial charge < -0.3 is 10.4 Å². The summed E-state index contributed by atoms with van der Waals surface area (Å²) in [5.74, 6) is -0.339. The number of rotatable bonds is 6. The molecule has 0 saturated carbocycles. The number of carbonyl (C=O) groups is 1. The number of amides is 1. The molecule has 26 heavy (non-hydrogen) atoms. The van der Waals surface area contributed by atoms with Crippen LogP contribution in [0.5, 0.6) is 0 Å². The first-order valence-corrected chi connectivity index (χ1v) is 9.79. The van der Waals surface area contributed by atoms with Crippen LogP contribution in [0.1, 0.15) is 23.0 Å². The highest BCUT2D eigenvalue weighted by Gasteiger charge is 2.35. The number of β-amino-alcohol motifs (C(OH)–C–C–N with tert-alkyl or cyclic N) is 1. The van der Waals surface area contributed by atoms with Crippen LogP contribution in [0.4, 0.5) is 0 Å². The van der Waals surface area contributed by atoms with Crippen LogP contribution in [-0.4, -0.2) is 54.0 Å². The van der Waals surface area contributed by atoms with E-state index in [2.05, 4.69) is 10.3 Å². The van der Waals surface area contributed by atoms with Crippen molar-refractivity contribution >= 4 is 15.9 Å². The van der Waals surface area contributed by atoms with E-state index in [-0.39, 0.29) is 35.5 Å². The Bertz CT molecular complexity index is 880. The molecule has 1 unspecified atom stereocenters. The minimum atomic E-state index is -3.68. The first-order chi connectivity index (χ1) is 12.4. The Morgan fingerprint density at radius 3 is 2.73 bits per heavy atom. The summed E-state index contributed by atoms with van der Waals surface area (Å²) in [5.41, 5.74) is 1.15. The van der Waals surface area contributed by atoms with Crippen molar-refractivity contribution in [1.82, 2.24) is 14.6 Å². The smallest absolute Gasteiger partial charge is 0.251 e. The van der Waals surface area contributed by atoms with Gasteiger partial charge in [0.1, 0.15) is 0 Å². The highest BCUT2D eigenvalue weighted by Crippen LogP contribution is 2.22. The predicted octanol–water partition coefficient (Wildman–Crippen LogP) is 0.808. The van der Waals surface area contributed by atoms with E-state index >= 15 is 0 Å². The van der Waals surface area contributed by atoms with Gasteiger partial charge in [-0.15, -0.1) is 0 Å². The van der Waals surface area contributed by atoms with E-state index in [1.165, 1.54) is 16.4 Å². The van der Waals surface area contributed by atoms with Gasteiger partial charge in [0.2, 0.25) is 10.0 Å². The summed E-state index contributed by atoms with van der Waals surface area (Å²) < 4.78 is 26.1. The SMILES string of the molecule is CC(Cc1ccccn1)NC(=O)c1cccc(S(=O)(=O)N2CC(O)C2)c1. The lowest BCUT2D eigenvalue weighted by Gasteiger charge is -2.34. The fraction of sp³-hybridized carbons (Fsp3) is 0.333. The fourth-order valence-corrected chi connectivity index (χ4v) is 4.31. The number of benzene rings is 1. The minimum absolute atomic E-state index is 0.0504. The average Bonchev–Trinajstić information content (AvgIpc) is 2.59. The highest BCUT2D eigenvalue weighted by atomic mass is 32.2. The number of pyridine rings is 1. The molecule has 2 N–H and O–H groups in total. The summed E-state index contributed by atoms with van der Waals surface area (Å²) in [6.07, 6.45) is 1.66. The van der Waals surface area contributed by atoms with Crippen molar-refractivity contribution in [2.75, 3.05) is 13.1 Å². The molecule has 3 rings (SSSR count). The molecule has 1 atom stereocenters. The van der Waals surface area contributed by atoms with Crippen molar-refractivity contribution in [2.45, 2.75) is 30.4 Å². The molecule has 1 fully saturated rings.